The van der Waals surface area contributed by atoms with Crippen LogP contribution in [0.15, 0.2) is 103 Å². The predicted octanol–water partition coefficient (Wildman–Crippen LogP) is 9.88. The van der Waals surface area contributed by atoms with Crippen LogP contribution in [0.25, 0.3) is 22.3 Å². The minimum Gasteiger partial charge on any atom is -0.453 e. The fourth-order valence-corrected chi connectivity index (χ4v) is 7.43. The van der Waals surface area contributed by atoms with Gasteiger partial charge in [-0.2, -0.15) is 0 Å². The molecule has 38 heavy (non-hydrogen) atoms. The van der Waals surface area contributed by atoms with Gasteiger partial charge in [0, 0.05) is 5.41 Å². The Morgan fingerprint density at radius 1 is 0.553 bits per heavy atom. The number of anilines is 3. The van der Waals surface area contributed by atoms with E-state index in [0.717, 1.165) is 40.1 Å². The van der Waals surface area contributed by atoms with Crippen molar-refractivity contribution in [3.8, 4) is 45.3 Å². The van der Waals surface area contributed by atoms with Gasteiger partial charge in [0.1, 0.15) is 5.69 Å². The van der Waals surface area contributed by atoms with Crippen LogP contribution in [0.5, 0.6) is 23.0 Å². The normalized spacial score (nSPS) is 16.6. The van der Waals surface area contributed by atoms with E-state index in [1.807, 2.05) is 30.3 Å². The van der Waals surface area contributed by atoms with Gasteiger partial charge < -0.3 is 9.47 Å². The zero-order valence-electron chi connectivity index (χ0n) is 20.9. The van der Waals surface area contributed by atoms with Gasteiger partial charge in [-0.3, -0.25) is 4.90 Å². The number of benzene rings is 5. The minimum atomic E-state index is 0.166. The summed E-state index contributed by atoms with van der Waals surface area (Å²) in [5, 5.41) is 0. The number of para-hydroxylation sites is 3. The maximum absolute atomic E-state index is 6.56. The SMILES string of the molecule is c1ccc2c(c1)Oc1cccc3c1N2c1ccc(-c2cccc4c2-c2ccccc2C42CCCC2)cc1O3. The van der Waals surface area contributed by atoms with Crippen molar-refractivity contribution in [2.75, 3.05) is 4.90 Å². The molecule has 182 valence electrons. The fraction of sp³-hybridized carbons (Fsp3) is 0.143. The molecule has 1 saturated carbocycles. The lowest BCUT2D eigenvalue weighted by molar-refractivity contribution is 0.446. The summed E-state index contributed by atoms with van der Waals surface area (Å²) >= 11 is 0. The van der Waals surface area contributed by atoms with Gasteiger partial charge in [-0.05, 0) is 82.6 Å². The molecule has 0 N–H and O–H groups in total. The van der Waals surface area contributed by atoms with Crippen LogP contribution in [-0.4, -0.2) is 0 Å². The van der Waals surface area contributed by atoms with Gasteiger partial charge in [-0.1, -0.05) is 79.6 Å². The third kappa shape index (κ3) is 2.54. The second kappa shape index (κ2) is 7.29. The Hall–Kier alpha value is -4.50. The summed E-state index contributed by atoms with van der Waals surface area (Å²) in [6.45, 7) is 0. The van der Waals surface area contributed by atoms with E-state index in [1.165, 1.54) is 59.1 Å². The lowest BCUT2D eigenvalue weighted by atomic mass is 9.76. The first-order chi connectivity index (χ1) is 18.8. The number of fused-ring (bicyclic) bond motifs is 9. The van der Waals surface area contributed by atoms with Crippen molar-refractivity contribution in [2.45, 2.75) is 31.1 Å². The van der Waals surface area contributed by atoms with E-state index in [0.29, 0.717) is 0 Å². The van der Waals surface area contributed by atoms with E-state index in [4.69, 9.17) is 9.47 Å². The van der Waals surface area contributed by atoms with Crippen LogP contribution >= 0.6 is 0 Å². The fourth-order valence-electron chi connectivity index (χ4n) is 7.43. The van der Waals surface area contributed by atoms with E-state index in [-0.39, 0.29) is 5.41 Å². The molecule has 2 aliphatic heterocycles. The standard InChI is InChI=1S/C35H25NO2/c1-2-11-25-24(9-1)33-23(10-7-12-26(33)35(25)19-5-6-20-35)22-17-18-28-32(21-22)38-31-16-8-15-30-34(31)36(28)27-13-3-4-14-29(27)37-30/h1-4,7-18,21H,5-6,19-20H2. The largest absolute Gasteiger partial charge is 0.453 e. The van der Waals surface area contributed by atoms with Gasteiger partial charge in [0.25, 0.3) is 0 Å². The number of hydrogen-bond donors (Lipinski definition) is 0. The molecule has 5 aromatic rings. The number of ether oxygens (including phenoxy) is 2. The van der Waals surface area contributed by atoms with Gasteiger partial charge in [0.2, 0.25) is 0 Å². The topological polar surface area (TPSA) is 21.7 Å². The Kier molecular flexibility index (Phi) is 3.94. The molecule has 0 bridgehead atoms. The monoisotopic (exact) mass is 491 g/mol. The van der Waals surface area contributed by atoms with Crippen LogP contribution in [0, 0.1) is 0 Å². The van der Waals surface area contributed by atoms with Crippen LogP contribution in [0.3, 0.4) is 0 Å². The maximum Gasteiger partial charge on any atom is 0.155 e. The lowest BCUT2D eigenvalue weighted by Gasteiger charge is -2.37. The second-order valence-corrected chi connectivity index (χ2v) is 10.9. The van der Waals surface area contributed by atoms with Crippen LogP contribution < -0.4 is 14.4 Å². The highest BCUT2D eigenvalue weighted by Gasteiger charge is 2.45. The van der Waals surface area contributed by atoms with E-state index in [1.54, 1.807) is 0 Å². The Morgan fingerprint density at radius 3 is 2.11 bits per heavy atom. The molecule has 2 heterocycles. The van der Waals surface area contributed by atoms with Crippen molar-refractivity contribution in [1.82, 2.24) is 0 Å². The zero-order chi connectivity index (χ0) is 24.8. The van der Waals surface area contributed by atoms with Crippen molar-refractivity contribution in [2.24, 2.45) is 0 Å². The Morgan fingerprint density at radius 2 is 1.21 bits per heavy atom. The van der Waals surface area contributed by atoms with E-state index in [9.17, 15) is 0 Å². The van der Waals surface area contributed by atoms with Gasteiger partial charge in [-0.15, -0.1) is 0 Å². The predicted molar refractivity (Wildman–Crippen MR) is 151 cm³/mol. The molecular weight excluding hydrogens is 466 g/mol. The van der Waals surface area contributed by atoms with Gasteiger partial charge >= 0.3 is 0 Å². The smallest absolute Gasteiger partial charge is 0.155 e. The first kappa shape index (κ1) is 20.5. The molecule has 0 atom stereocenters. The van der Waals surface area contributed by atoms with Crippen LogP contribution in [0.4, 0.5) is 17.1 Å². The first-order valence-corrected chi connectivity index (χ1v) is 13.6. The summed E-state index contributed by atoms with van der Waals surface area (Å²) < 4.78 is 12.8. The summed E-state index contributed by atoms with van der Waals surface area (Å²) in [6.07, 6.45) is 5.08. The Bertz CT molecular complexity index is 1800. The van der Waals surface area contributed by atoms with Crippen LogP contribution in [-0.2, 0) is 5.41 Å². The molecule has 1 spiro atoms. The number of nitrogens with zero attached hydrogens (tertiary/aromatic N) is 1. The zero-order valence-corrected chi connectivity index (χ0v) is 20.9. The van der Waals surface area contributed by atoms with Crippen molar-refractivity contribution in [3.63, 3.8) is 0 Å². The molecule has 0 saturated heterocycles. The second-order valence-electron chi connectivity index (χ2n) is 10.9. The summed E-state index contributed by atoms with van der Waals surface area (Å²) in [5.74, 6) is 3.35. The molecule has 0 unspecified atom stereocenters. The highest BCUT2D eigenvalue weighted by Crippen LogP contribution is 2.61. The third-order valence-electron chi connectivity index (χ3n) is 8.99. The maximum atomic E-state index is 6.56. The lowest BCUT2D eigenvalue weighted by Crippen LogP contribution is -2.20. The van der Waals surface area contributed by atoms with E-state index >= 15 is 0 Å². The van der Waals surface area contributed by atoms with Crippen molar-refractivity contribution in [1.29, 1.82) is 0 Å². The molecule has 1 fully saturated rings. The van der Waals surface area contributed by atoms with Crippen molar-refractivity contribution < 1.29 is 9.47 Å². The summed E-state index contributed by atoms with van der Waals surface area (Å²) in [7, 11) is 0. The molecular formula is C35H25NO2. The molecule has 0 aromatic heterocycles. The third-order valence-corrected chi connectivity index (χ3v) is 8.99. The highest BCUT2D eigenvalue weighted by molar-refractivity contribution is 5.97. The molecule has 5 aromatic carbocycles. The van der Waals surface area contributed by atoms with E-state index < -0.39 is 0 Å². The Balaban J connectivity index is 1.25. The van der Waals surface area contributed by atoms with Crippen LogP contribution in [0.1, 0.15) is 36.8 Å². The van der Waals surface area contributed by atoms with Crippen molar-refractivity contribution >= 4 is 17.1 Å². The van der Waals surface area contributed by atoms with Gasteiger partial charge in [0.15, 0.2) is 23.0 Å². The van der Waals surface area contributed by atoms with Crippen LogP contribution in [0.2, 0.25) is 0 Å². The molecule has 4 aliphatic rings. The first-order valence-electron chi connectivity index (χ1n) is 13.6. The highest BCUT2D eigenvalue weighted by atomic mass is 16.5. The quantitative estimate of drug-likeness (QED) is 0.228. The summed E-state index contributed by atoms with van der Waals surface area (Å²) in [4.78, 5) is 2.28. The van der Waals surface area contributed by atoms with E-state index in [2.05, 4.69) is 77.7 Å². The number of rotatable bonds is 1. The average Bonchev–Trinajstić information content (AvgIpc) is 3.57. The number of hydrogen-bond acceptors (Lipinski definition) is 3. The average molecular weight is 492 g/mol. The van der Waals surface area contributed by atoms with Gasteiger partial charge in [0.05, 0.1) is 11.4 Å². The molecule has 0 amide bonds. The molecule has 3 heteroatoms. The molecule has 3 nitrogen and oxygen atoms in total. The molecule has 9 rings (SSSR count). The molecule has 2 aliphatic carbocycles. The summed E-state index contributed by atoms with van der Waals surface area (Å²) in [6, 6.07) is 36.9. The minimum absolute atomic E-state index is 0.166. The Labute approximate surface area is 221 Å². The van der Waals surface area contributed by atoms with Gasteiger partial charge in [-0.25, -0.2) is 0 Å². The molecule has 0 radical (unpaired) electrons. The van der Waals surface area contributed by atoms with Crippen molar-refractivity contribution in [3.05, 3.63) is 114 Å². The summed E-state index contributed by atoms with van der Waals surface area (Å²) in [5.41, 5.74) is 11.5.